The molecule has 0 radical (unpaired) electrons. The maximum Gasteiger partial charge on any atom is 0.193 e. The number of allylic oxidation sites excluding steroid dienone is 3. The molecule has 0 spiro atoms. The van der Waals surface area contributed by atoms with E-state index in [0.717, 1.165) is 44.1 Å². The summed E-state index contributed by atoms with van der Waals surface area (Å²) in [5.41, 5.74) is 4.57. The van der Waals surface area contributed by atoms with Crippen LogP contribution in [0.25, 0.3) is 6.08 Å². The third-order valence-corrected chi connectivity index (χ3v) is 5.90. The number of ether oxygens (including phenoxy) is 2. The lowest BCUT2D eigenvalue weighted by Crippen LogP contribution is -2.11. The van der Waals surface area contributed by atoms with Crippen molar-refractivity contribution in [3.05, 3.63) is 76.4 Å². The van der Waals surface area contributed by atoms with Crippen LogP contribution in [0.1, 0.15) is 73.0 Å². The molecule has 0 bridgehead atoms. The third kappa shape index (κ3) is 6.67. The molecule has 3 rings (SSSR count). The molecule has 0 saturated carbocycles. The molecular formula is C29H34O4. The molecule has 0 unspecified atom stereocenters. The van der Waals surface area contributed by atoms with Gasteiger partial charge in [0, 0.05) is 23.1 Å². The Hall–Kier alpha value is -3.14. The van der Waals surface area contributed by atoms with Gasteiger partial charge in [-0.05, 0) is 61.9 Å². The SMILES string of the molecule is CCCCCOc1c(OC)ccc2c1C=CC(=CCCc1ccc(CCC(C)=O)cc1)C2=O. The van der Waals surface area contributed by atoms with Gasteiger partial charge in [-0.2, -0.15) is 0 Å². The van der Waals surface area contributed by atoms with Gasteiger partial charge in [0.2, 0.25) is 0 Å². The standard InChI is InChI=1S/C29H34O4/c1-4-5-6-20-33-29-26-17-16-24(28(31)25(26)18-19-27(29)32-3)9-7-8-22-12-14-23(15-13-22)11-10-21(2)30/h9,12-19H,4-8,10-11,20H2,1-3H3. The van der Waals surface area contributed by atoms with Gasteiger partial charge in [0.05, 0.1) is 13.7 Å². The van der Waals surface area contributed by atoms with Crippen LogP contribution < -0.4 is 9.47 Å². The first kappa shape index (κ1) is 24.5. The van der Waals surface area contributed by atoms with Crippen LogP contribution in [0.5, 0.6) is 11.5 Å². The Labute approximate surface area is 197 Å². The second-order valence-corrected chi connectivity index (χ2v) is 8.49. The number of unbranched alkanes of at least 4 members (excludes halogenated alkanes) is 2. The summed E-state index contributed by atoms with van der Waals surface area (Å²) in [6, 6.07) is 12.0. The fraction of sp³-hybridized carbons (Fsp3) is 0.379. The highest BCUT2D eigenvalue weighted by Gasteiger charge is 2.23. The third-order valence-electron chi connectivity index (χ3n) is 5.90. The van der Waals surface area contributed by atoms with Gasteiger partial charge in [0.1, 0.15) is 5.78 Å². The zero-order valence-electron chi connectivity index (χ0n) is 20.0. The molecule has 4 heteroatoms. The summed E-state index contributed by atoms with van der Waals surface area (Å²) < 4.78 is 11.5. The minimum atomic E-state index is 0.0214. The summed E-state index contributed by atoms with van der Waals surface area (Å²) in [4.78, 5) is 24.3. The molecule has 1 aliphatic rings. The summed E-state index contributed by atoms with van der Waals surface area (Å²) in [6.45, 7) is 4.39. The molecule has 0 aliphatic heterocycles. The summed E-state index contributed by atoms with van der Waals surface area (Å²) in [7, 11) is 1.62. The average Bonchev–Trinajstić information content (AvgIpc) is 2.82. The zero-order valence-corrected chi connectivity index (χ0v) is 20.0. The molecule has 0 aromatic heterocycles. The van der Waals surface area contributed by atoms with Crippen LogP contribution in [0, 0.1) is 0 Å². The van der Waals surface area contributed by atoms with Gasteiger partial charge in [-0.25, -0.2) is 0 Å². The van der Waals surface area contributed by atoms with Crippen molar-refractivity contribution in [3.8, 4) is 11.5 Å². The van der Waals surface area contributed by atoms with Crippen molar-refractivity contribution in [1.82, 2.24) is 0 Å². The molecule has 0 heterocycles. The van der Waals surface area contributed by atoms with Gasteiger partial charge < -0.3 is 14.3 Å². The Morgan fingerprint density at radius 1 is 0.970 bits per heavy atom. The normalized spacial score (nSPS) is 13.8. The molecule has 0 amide bonds. The molecule has 1 aliphatic carbocycles. The summed E-state index contributed by atoms with van der Waals surface area (Å²) >= 11 is 0. The van der Waals surface area contributed by atoms with Crippen molar-refractivity contribution < 1.29 is 19.1 Å². The van der Waals surface area contributed by atoms with Gasteiger partial charge in [-0.15, -0.1) is 0 Å². The largest absolute Gasteiger partial charge is 0.493 e. The van der Waals surface area contributed by atoms with E-state index in [0.29, 0.717) is 35.7 Å². The van der Waals surface area contributed by atoms with Crippen molar-refractivity contribution in [2.75, 3.05) is 13.7 Å². The highest BCUT2D eigenvalue weighted by molar-refractivity contribution is 6.16. The fourth-order valence-corrected chi connectivity index (χ4v) is 3.93. The topological polar surface area (TPSA) is 52.6 Å². The van der Waals surface area contributed by atoms with E-state index in [1.165, 1.54) is 11.1 Å². The number of fused-ring (bicyclic) bond motifs is 1. The molecule has 174 valence electrons. The number of aryl methyl sites for hydroxylation is 2. The molecule has 0 fully saturated rings. The average molecular weight is 447 g/mol. The lowest BCUT2D eigenvalue weighted by molar-refractivity contribution is -0.116. The summed E-state index contributed by atoms with van der Waals surface area (Å²) in [5, 5.41) is 0. The number of hydrogen-bond acceptors (Lipinski definition) is 4. The van der Waals surface area contributed by atoms with E-state index in [4.69, 9.17) is 9.47 Å². The molecule has 0 atom stereocenters. The predicted octanol–water partition coefficient (Wildman–Crippen LogP) is 6.55. The molecule has 2 aromatic rings. The maximum atomic E-state index is 13.1. The van der Waals surface area contributed by atoms with Crippen molar-refractivity contribution in [1.29, 1.82) is 0 Å². The molecule has 4 nitrogen and oxygen atoms in total. The van der Waals surface area contributed by atoms with E-state index in [2.05, 4.69) is 31.2 Å². The van der Waals surface area contributed by atoms with Crippen molar-refractivity contribution in [2.45, 2.75) is 58.8 Å². The van der Waals surface area contributed by atoms with Crippen LogP contribution in [0.2, 0.25) is 0 Å². The number of carbonyl (C=O) groups excluding carboxylic acids is 2. The first-order valence-electron chi connectivity index (χ1n) is 11.9. The van der Waals surface area contributed by atoms with Gasteiger partial charge >= 0.3 is 0 Å². The highest BCUT2D eigenvalue weighted by Crippen LogP contribution is 2.38. The second kappa shape index (κ2) is 12.2. The van der Waals surface area contributed by atoms with Gasteiger partial charge in [-0.3, -0.25) is 4.79 Å². The zero-order chi connectivity index (χ0) is 23.6. The Morgan fingerprint density at radius 3 is 2.36 bits per heavy atom. The van der Waals surface area contributed by atoms with E-state index < -0.39 is 0 Å². The maximum absolute atomic E-state index is 13.1. The van der Waals surface area contributed by atoms with Crippen LogP contribution in [-0.4, -0.2) is 25.3 Å². The Morgan fingerprint density at radius 2 is 1.70 bits per heavy atom. The van der Waals surface area contributed by atoms with E-state index >= 15 is 0 Å². The van der Waals surface area contributed by atoms with E-state index in [1.54, 1.807) is 14.0 Å². The number of Topliss-reactive ketones (excluding diaryl/α,β-unsaturated/α-hetero) is 2. The second-order valence-electron chi connectivity index (χ2n) is 8.49. The summed E-state index contributed by atoms with van der Waals surface area (Å²) in [5.74, 6) is 1.54. The predicted molar refractivity (Wildman–Crippen MR) is 133 cm³/mol. The first-order chi connectivity index (χ1) is 16.0. The minimum absolute atomic E-state index is 0.0214. The lowest BCUT2D eigenvalue weighted by atomic mass is 9.90. The highest BCUT2D eigenvalue weighted by atomic mass is 16.5. The molecule has 33 heavy (non-hydrogen) atoms. The Balaban J connectivity index is 1.66. The Kier molecular flexibility index (Phi) is 9.05. The van der Waals surface area contributed by atoms with E-state index in [-0.39, 0.29) is 11.6 Å². The van der Waals surface area contributed by atoms with Crippen LogP contribution in [-0.2, 0) is 17.6 Å². The van der Waals surface area contributed by atoms with Crippen LogP contribution in [0.3, 0.4) is 0 Å². The van der Waals surface area contributed by atoms with Crippen LogP contribution in [0.4, 0.5) is 0 Å². The number of hydrogen-bond donors (Lipinski definition) is 0. The van der Waals surface area contributed by atoms with E-state index in [1.807, 2.05) is 30.4 Å². The molecule has 0 N–H and O–H groups in total. The monoisotopic (exact) mass is 446 g/mol. The van der Waals surface area contributed by atoms with E-state index in [9.17, 15) is 9.59 Å². The number of methoxy groups -OCH3 is 1. The quantitative estimate of drug-likeness (QED) is 0.274. The van der Waals surface area contributed by atoms with Gasteiger partial charge in [0.15, 0.2) is 17.3 Å². The van der Waals surface area contributed by atoms with Gasteiger partial charge in [0.25, 0.3) is 0 Å². The smallest absolute Gasteiger partial charge is 0.193 e. The summed E-state index contributed by atoms with van der Waals surface area (Å²) in [6.07, 6.45) is 12.1. The number of rotatable bonds is 12. The Bertz CT molecular complexity index is 1030. The van der Waals surface area contributed by atoms with Crippen LogP contribution in [0.15, 0.2) is 54.1 Å². The van der Waals surface area contributed by atoms with Crippen LogP contribution >= 0.6 is 0 Å². The molecule has 2 aromatic carbocycles. The van der Waals surface area contributed by atoms with Crippen molar-refractivity contribution >= 4 is 17.6 Å². The van der Waals surface area contributed by atoms with Gasteiger partial charge in [-0.1, -0.05) is 56.2 Å². The number of carbonyl (C=O) groups is 2. The fourth-order valence-electron chi connectivity index (χ4n) is 3.93. The number of ketones is 2. The molecular weight excluding hydrogens is 412 g/mol. The van der Waals surface area contributed by atoms with Crippen molar-refractivity contribution in [3.63, 3.8) is 0 Å². The molecule has 0 saturated heterocycles. The van der Waals surface area contributed by atoms with Crippen molar-refractivity contribution in [2.24, 2.45) is 0 Å². The lowest BCUT2D eigenvalue weighted by Gasteiger charge is -2.19. The number of benzene rings is 2. The minimum Gasteiger partial charge on any atom is -0.493 e. The first-order valence-corrected chi connectivity index (χ1v) is 11.9.